The van der Waals surface area contributed by atoms with Crippen LogP contribution >= 0.6 is 0 Å². The molecule has 168 valence electrons. The maximum absolute atomic E-state index is 12.3. The third-order valence-electron chi connectivity index (χ3n) is 4.77. The number of amides is 2. The quantitative estimate of drug-likeness (QED) is 0.362. The van der Waals surface area contributed by atoms with Gasteiger partial charge in [-0.25, -0.2) is 0 Å². The minimum atomic E-state index is -0.182. The van der Waals surface area contributed by atoms with Gasteiger partial charge in [-0.2, -0.15) is 0 Å². The van der Waals surface area contributed by atoms with Gasteiger partial charge in [0.05, 0.1) is 13.2 Å². The number of carbonyl (C=O) groups excluding carboxylic acids is 2. The van der Waals surface area contributed by atoms with Gasteiger partial charge >= 0.3 is 0 Å². The molecular weight excluding hydrogens is 390 g/mol. The molecule has 3 N–H and O–H groups in total. The summed E-state index contributed by atoms with van der Waals surface area (Å²) in [4.78, 5) is 24.3. The lowest BCUT2D eigenvalue weighted by atomic mass is 10.2. The summed E-state index contributed by atoms with van der Waals surface area (Å²) in [6.45, 7) is 5.70. The van der Waals surface area contributed by atoms with E-state index in [0.717, 1.165) is 30.9 Å². The molecule has 2 amide bonds. The van der Waals surface area contributed by atoms with Gasteiger partial charge < -0.3 is 20.7 Å². The molecule has 0 heterocycles. The van der Waals surface area contributed by atoms with Crippen LogP contribution in [0.1, 0.15) is 62.7 Å². The Morgan fingerprint density at radius 3 is 2.39 bits per heavy atom. The van der Waals surface area contributed by atoms with Crippen molar-refractivity contribution in [3.63, 3.8) is 0 Å². The number of nitrogens with one attached hydrogen (secondary N) is 3. The molecular formula is C25H35N3O3. The van der Waals surface area contributed by atoms with Gasteiger partial charge in [0.25, 0.3) is 5.91 Å². The number of anilines is 2. The first-order valence-electron chi connectivity index (χ1n) is 11.3. The summed E-state index contributed by atoms with van der Waals surface area (Å²) in [7, 11) is 0. The van der Waals surface area contributed by atoms with Gasteiger partial charge in [0, 0.05) is 23.5 Å². The molecule has 31 heavy (non-hydrogen) atoms. The van der Waals surface area contributed by atoms with Crippen molar-refractivity contribution in [2.24, 2.45) is 0 Å². The van der Waals surface area contributed by atoms with Crippen molar-refractivity contribution in [2.45, 2.75) is 52.4 Å². The van der Waals surface area contributed by atoms with Crippen molar-refractivity contribution in [3.05, 3.63) is 54.1 Å². The molecule has 0 aliphatic rings. The van der Waals surface area contributed by atoms with Crippen LogP contribution in [0.25, 0.3) is 0 Å². The Morgan fingerprint density at radius 1 is 0.871 bits per heavy atom. The van der Waals surface area contributed by atoms with Gasteiger partial charge in [-0.1, -0.05) is 45.6 Å². The lowest BCUT2D eigenvalue weighted by Gasteiger charge is -2.10. The van der Waals surface area contributed by atoms with Crippen LogP contribution in [0.5, 0.6) is 5.75 Å². The minimum absolute atomic E-state index is 0.129. The van der Waals surface area contributed by atoms with E-state index < -0.39 is 0 Å². The molecule has 6 nitrogen and oxygen atoms in total. The molecule has 6 heteroatoms. The van der Waals surface area contributed by atoms with E-state index >= 15 is 0 Å². The maximum Gasteiger partial charge on any atom is 0.251 e. The van der Waals surface area contributed by atoms with Crippen LogP contribution in [0.3, 0.4) is 0 Å². The van der Waals surface area contributed by atoms with Crippen molar-refractivity contribution >= 4 is 23.2 Å². The van der Waals surface area contributed by atoms with Crippen LogP contribution in [0.4, 0.5) is 11.4 Å². The number of hydrogen-bond acceptors (Lipinski definition) is 4. The molecule has 0 saturated heterocycles. The first-order chi connectivity index (χ1) is 15.1. The summed E-state index contributed by atoms with van der Waals surface area (Å²) in [5.41, 5.74) is 1.97. The fourth-order valence-corrected chi connectivity index (χ4v) is 3.03. The molecule has 0 radical (unpaired) electrons. The highest BCUT2D eigenvalue weighted by atomic mass is 16.5. The lowest BCUT2D eigenvalue weighted by molar-refractivity contribution is -0.114. The highest BCUT2D eigenvalue weighted by Crippen LogP contribution is 2.16. The number of rotatable bonds is 14. The van der Waals surface area contributed by atoms with Gasteiger partial charge in [-0.15, -0.1) is 0 Å². The Hall–Kier alpha value is -3.02. The summed E-state index contributed by atoms with van der Waals surface area (Å²) in [5.74, 6) is 0.515. The molecule has 0 aromatic heterocycles. The summed E-state index contributed by atoms with van der Waals surface area (Å²) in [5, 5.41) is 8.75. The van der Waals surface area contributed by atoms with Gasteiger partial charge in [-0.3, -0.25) is 9.59 Å². The predicted octanol–water partition coefficient (Wildman–Crippen LogP) is 5.23. The Morgan fingerprint density at radius 2 is 1.65 bits per heavy atom. The molecule has 0 fully saturated rings. The zero-order chi connectivity index (χ0) is 22.3. The molecule has 2 rings (SSSR count). The average Bonchev–Trinajstić information content (AvgIpc) is 2.79. The Kier molecular flexibility index (Phi) is 11.0. The van der Waals surface area contributed by atoms with E-state index in [9.17, 15) is 9.59 Å². The summed E-state index contributed by atoms with van der Waals surface area (Å²) >= 11 is 0. The molecule has 0 unspecified atom stereocenters. The van der Waals surface area contributed by atoms with E-state index in [-0.39, 0.29) is 18.4 Å². The van der Waals surface area contributed by atoms with Crippen LogP contribution in [-0.4, -0.2) is 31.5 Å². The molecule has 0 bridgehead atoms. The molecule has 2 aromatic rings. The van der Waals surface area contributed by atoms with Crippen molar-refractivity contribution < 1.29 is 14.3 Å². The van der Waals surface area contributed by atoms with Crippen LogP contribution in [0, 0.1) is 0 Å². The van der Waals surface area contributed by atoms with Crippen molar-refractivity contribution in [2.75, 3.05) is 30.3 Å². The Labute approximate surface area is 185 Å². The van der Waals surface area contributed by atoms with Crippen LogP contribution in [-0.2, 0) is 4.79 Å². The van der Waals surface area contributed by atoms with Gasteiger partial charge in [-0.05, 0) is 55.3 Å². The molecule has 0 aliphatic heterocycles. The maximum atomic E-state index is 12.3. The summed E-state index contributed by atoms with van der Waals surface area (Å²) in [6, 6.07) is 14.5. The third-order valence-corrected chi connectivity index (χ3v) is 4.77. The van der Waals surface area contributed by atoms with Crippen LogP contribution in [0.15, 0.2) is 48.5 Å². The lowest BCUT2D eigenvalue weighted by Crippen LogP contribution is -2.24. The Bertz CT molecular complexity index is 806. The topological polar surface area (TPSA) is 79.5 Å². The van der Waals surface area contributed by atoms with Gasteiger partial charge in [0.2, 0.25) is 5.91 Å². The van der Waals surface area contributed by atoms with E-state index in [0.29, 0.717) is 17.8 Å². The van der Waals surface area contributed by atoms with E-state index in [4.69, 9.17) is 4.74 Å². The molecule has 0 saturated carbocycles. The number of ether oxygens (including phenoxy) is 1. The van der Waals surface area contributed by atoms with Crippen LogP contribution < -0.4 is 20.7 Å². The molecule has 0 spiro atoms. The van der Waals surface area contributed by atoms with Crippen molar-refractivity contribution in [1.82, 2.24) is 5.32 Å². The first kappa shape index (κ1) is 24.3. The van der Waals surface area contributed by atoms with Crippen LogP contribution in [0.2, 0.25) is 0 Å². The Balaban J connectivity index is 1.73. The zero-order valence-corrected chi connectivity index (χ0v) is 18.7. The zero-order valence-electron chi connectivity index (χ0n) is 18.7. The second-order valence-corrected chi connectivity index (χ2v) is 7.53. The minimum Gasteiger partial charge on any atom is -0.494 e. The largest absolute Gasteiger partial charge is 0.494 e. The number of benzene rings is 2. The average molecular weight is 426 g/mol. The number of unbranched alkanes of at least 4 members (excludes halogenated alkanes) is 4. The van der Waals surface area contributed by atoms with E-state index in [1.807, 2.05) is 31.2 Å². The first-order valence-corrected chi connectivity index (χ1v) is 11.3. The van der Waals surface area contributed by atoms with E-state index in [1.54, 1.807) is 24.3 Å². The normalized spacial score (nSPS) is 10.4. The molecule has 0 aliphatic carbocycles. The fraction of sp³-hybridized carbons (Fsp3) is 0.440. The van der Waals surface area contributed by atoms with E-state index in [1.165, 1.54) is 25.7 Å². The SMILES string of the molecule is CCCCCCCOc1ccc(NCC(=O)Nc2cccc(C(=O)NCCC)c2)cc1. The second kappa shape index (κ2) is 14.1. The van der Waals surface area contributed by atoms with Crippen molar-refractivity contribution in [1.29, 1.82) is 0 Å². The number of hydrogen-bond donors (Lipinski definition) is 3. The molecule has 0 atom stereocenters. The highest BCUT2D eigenvalue weighted by Gasteiger charge is 2.07. The van der Waals surface area contributed by atoms with Gasteiger partial charge in [0.1, 0.15) is 5.75 Å². The highest BCUT2D eigenvalue weighted by molar-refractivity contribution is 5.98. The van der Waals surface area contributed by atoms with Gasteiger partial charge in [0.15, 0.2) is 0 Å². The third kappa shape index (κ3) is 9.55. The predicted molar refractivity (Wildman–Crippen MR) is 127 cm³/mol. The van der Waals surface area contributed by atoms with E-state index in [2.05, 4.69) is 22.9 Å². The smallest absolute Gasteiger partial charge is 0.251 e. The standard InChI is InChI=1S/C25H35N3O3/c1-3-5-6-7-8-17-31-23-14-12-21(13-15-23)27-19-24(29)28-22-11-9-10-20(18-22)25(30)26-16-4-2/h9-15,18,27H,3-8,16-17,19H2,1-2H3,(H,26,30)(H,28,29). The summed E-state index contributed by atoms with van der Waals surface area (Å²) < 4.78 is 5.76. The van der Waals surface area contributed by atoms with Crippen molar-refractivity contribution in [3.8, 4) is 5.75 Å². The number of carbonyl (C=O) groups is 2. The monoisotopic (exact) mass is 425 g/mol. The summed E-state index contributed by atoms with van der Waals surface area (Å²) in [6.07, 6.45) is 6.95. The second-order valence-electron chi connectivity index (χ2n) is 7.53. The molecule has 2 aromatic carbocycles. The fourth-order valence-electron chi connectivity index (χ4n) is 3.03.